The number of amides is 3. The van der Waals surface area contributed by atoms with Crippen molar-refractivity contribution in [1.29, 1.82) is 0 Å². The summed E-state index contributed by atoms with van der Waals surface area (Å²) in [6.45, 7) is 4.01. The van der Waals surface area contributed by atoms with Gasteiger partial charge >= 0.3 is 6.09 Å². The number of benzene rings is 1. The number of quaternary nitrogens is 1. The van der Waals surface area contributed by atoms with E-state index in [1.165, 1.54) is 4.90 Å². The van der Waals surface area contributed by atoms with Crippen LogP contribution in [0.4, 0.5) is 10.5 Å². The number of sulfone groups is 1. The highest BCUT2D eigenvalue weighted by Crippen LogP contribution is 2.24. The molecule has 0 spiro atoms. The van der Waals surface area contributed by atoms with Gasteiger partial charge in [0.25, 0.3) is 11.8 Å². The van der Waals surface area contributed by atoms with Crippen LogP contribution in [0.3, 0.4) is 0 Å². The summed E-state index contributed by atoms with van der Waals surface area (Å²) in [4.78, 5) is 38.7. The van der Waals surface area contributed by atoms with Crippen molar-refractivity contribution in [1.82, 2.24) is 5.32 Å². The lowest BCUT2D eigenvalue weighted by atomic mass is 10.1. The molecule has 29 heavy (non-hydrogen) atoms. The summed E-state index contributed by atoms with van der Waals surface area (Å²) in [5.74, 6) is -0.819. The molecule has 1 aromatic carbocycles. The average Bonchev–Trinajstić information content (AvgIpc) is 3.01. The number of carbonyl (C=O) groups is 3. The number of hydrogen-bond donors (Lipinski definition) is 2. The molecule has 0 bridgehead atoms. The molecule has 1 saturated heterocycles. The zero-order valence-electron chi connectivity index (χ0n) is 16.7. The van der Waals surface area contributed by atoms with E-state index in [2.05, 4.69) is 10.1 Å². The van der Waals surface area contributed by atoms with Crippen molar-refractivity contribution < 1.29 is 32.4 Å². The first-order valence-corrected chi connectivity index (χ1v) is 11.5. The summed E-state index contributed by atoms with van der Waals surface area (Å²) in [5.41, 5.74) is 0.631. The van der Waals surface area contributed by atoms with Crippen molar-refractivity contribution in [3.05, 3.63) is 30.3 Å². The number of nitrogens with zero attached hydrogens (tertiary/aromatic N) is 1. The Morgan fingerprint density at radius 2 is 1.86 bits per heavy atom. The van der Waals surface area contributed by atoms with Crippen LogP contribution in [-0.4, -0.2) is 70.1 Å². The summed E-state index contributed by atoms with van der Waals surface area (Å²) < 4.78 is 28.6. The molecular weight excluding hydrogens is 398 g/mol. The van der Waals surface area contributed by atoms with Crippen LogP contribution >= 0.6 is 0 Å². The Bertz CT molecular complexity index is 828. The lowest BCUT2D eigenvalue weighted by molar-refractivity contribution is -0.881. The molecule has 2 atom stereocenters. The molecule has 0 saturated carbocycles. The van der Waals surface area contributed by atoms with Gasteiger partial charge in [0.05, 0.1) is 30.7 Å². The normalized spacial score (nSPS) is 18.6. The second-order valence-corrected chi connectivity index (χ2v) is 9.11. The number of alkyl carbamates (subject to hydrolysis) is 1. The van der Waals surface area contributed by atoms with Crippen LogP contribution in [-0.2, 0) is 24.2 Å². The minimum Gasteiger partial charge on any atom is -0.450 e. The van der Waals surface area contributed by atoms with Crippen LogP contribution < -0.4 is 15.1 Å². The van der Waals surface area contributed by atoms with Gasteiger partial charge in [-0.2, -0.15) is 0 Å². The molecule has 3 amide bonds. The number of para-hydroxylation sites is 1. The Morgan fingerprint density at radius 1 is 1.17 bits per heavy atom. The van der Waals surface area contributed by atoms with E-state index in [9.17, 15) is 22.8 Å². The quantitative estimate of drug-likeness (QED) is 0.573. The molecule has 1 aromatic rings. The molecule has 0 aromatic heterocycles. The molecule has 2 rings (SSSR count). The van der Waals surface area contributed by atoms with Crippen LogP contribution in [0.25, 0.3) is 0 Å². The zero-order valence-corrected chi connectivity index (χ0v) is 17.5. The lowest BCUT2D eigenvalue weighted by Gasteiger charge is -2.29. The number of hydrogen-bond acceptors (Lipinski definition) is 6. The highest BCUT2D eigenvalue weighted by atomic mass is 32.2. The second kappa shape index (κ2) is 10.4. The maximum Gasteiger partial charge on any atom is 0.414 e. The maximum absolute atomic E-state index is 13.1. The fourth-order valence-electron chi connectivity index (χ4n) is 3.29. The molecule has 0 radical (unpaired) electrons. The Morgan fingerprint density at radius 3 is 2.41 bits per heavy atom. The SMILES string of the molecule is CCOC(=O)NC(=O)C[NH+](CC)CC(=O)N(c1ccccc1)[C@H]1CCS(=O)(=O)C1. The van der Waals surface area contributed by atoms with Crippen molar-refractivity contribution in [2.45, 2.75) is 26.3 Å². The van der Waals surface area contributed by atoms with E-state index >= 15 is 0 Å². The first-order chi connectivity index (χ1) is 13.8. The van der Waals surface area contributed by atoms with Crippen LogP contribution in [0.2, 0.25) is 0 Å². The first kappa shape index (κ1) is 22.8. The predicted molar refractivity (Wildman–Crippen MR) is 107 cm³/mol. The molecule has 1 fully saturated rings. The van der Waals surface area contributed by atoms with Crippen molar-refractivity contribution >= 4 is 33.4 Å². The van der Waals surface area contributed by atoms with Crippen LogP contribution in [0.15, 0.2) is 30.3 Å². The minimum atomic E-state index is -3.17. The van der Waals surface area contributed by atoms with Gasteiger partial charge in [0, 0.05) is 5.69 Å². The van der Waals surface area contributed by atoms with E-state index in [1.54, 1.807) is 31.2 Å². The molecule has 1 aliphatic heterocycles. The summed E-state index contributed by atoms with van der Waals surface area (Å²) in [7, 11) is -3.17. The van der Waals surface area contributed by atoms with Crippen molar-refractivity contribution in [2.75, 3.05) is 42.6 Å². The van der Waals surface area contributed by atoms with Gasteiger partial charge in [0.2, 0.25) is 0 Å². The smallest absolute Gasteiger partial charge is 0.414 e. The van der Waals surface area contributed by atoms with E-state index in [0.717, 1.165) is 0 Å². The molecular formula is C19H28N3O6S+. The predicted octanol–water partition coefficient (Wildman–Crippen LogP) is -0.616. The number of rotatable bonds is 8. The molecule has 1 aliphatic rings. The van der Waals surface area contributed by atoms with Crippen LogP contribution in [0.5, 0.6) is 0 Å². The van der Waals surface area contributed by atoms with Crippen molar-refractivity contribution in [3.8, 4) is 0 Å². The number of ether oxygens (including phenoxy) is 1. The van der Waals surface area contributed by atoms with Crippen LogP contribution in [0.1, 0.15) is 20.3 Å². The standard InChI is InChI=1S/C19H27N3O6S/c1-3-21(12-17(23)20-19(25)28-4-2)13-18(24)22(15-8-6-5-7-9-15)16-10-11-29(26,27)14-16/h5-9,16H,3-4,10-14H2,1-2H3,(H,20,23,25)/p+1/t16-/m0/s1. The first-order valence-electron chi connectivity index (χ1n) is 9.63. The fourth-order valence-corrected chi connectivity index (χ4v) is 4.99. The fraction of sp³-hybridized carbons (Fsp3) is 0.526. The van der Waals surface area contributed by atoms with Gasteiger partial charge in [0.1, 0.15) is 0 Å². The molecule has 160 valence electrons. The van der Waals surface area contributed by atoms with E-state index in [0.29, 0.717) is 23.6 Å². The lowest BCUT2D eigenvalue weighted by Crippen LogP contribution is -3.14. The molecule has 0 aliphatic carbocycles. The number of nitrogens with one attached hydrogen (secondary N) is 2. The second-order valence-electron chi connectivity index (χ2n) is 6.88. The monoisotopic (exact) mass is 426 g/mol. The molecule has 2 N–H and O–H groups in total. The summed E-state index contributed by atoms with van der Waals surface area (Å²) in [5, 5.41) is 2.12. The highest BCUT2D eigenvalue weighted by Gasteiger charge is 2.36. The largest absolute Gasteiger partial charge is 0.450 e. The van der Waals surface area contributed by atoms with E-state index < -0.39 is 27.9 Å². The Balaban J connectivity index is 2.09. The Kier molecular flexibility index (Phi) is 8.15. The molecule has 9 nitrogen and oxygen atoms in total. The Labute approximate surface area is 170 Å². The average molecular weight is 427 g/mol. The molecule has 10 heteroatoms. The number of imide groups is 1. The molecule has 1 unspecified atom stereocenters. The Hall–Kier alpha value is -2.46. The number of likely N-dealkylation sites (N-methyl/N-ethyl adjacent to an activating group) is 1. The molecule has 1 heterocycles. The third-order valence-electron chi connectivity index (χ3n) is 4.71. The van der Waals surface area contributed by atoms with Gasteiger partial charge in [-0.3, -0.25) is 14.9 Å². The topological polar surface area (TPSA) is 114 Å². The van der Waals surface area contributed by atoms with Crippen LogP contribution in [0, 0.1) is 0 Å². The van der Waals surface area contributed by atoms with Gasteiger partial charge in [-0.05, 0) is 32.4 Å². The third kappa shape index (κ3) is 6.82. The summed E-state index contributed by atoms with van der Waals surface area (Å²) in [6.07, 6.45) is -0.435. The maximum atomic E-state index is 13.1. The van der Waals surface area contributed by atoms with Gasteiger partial charge in [0.15, 0.2) is 22.9 Å². The van der Waals surface area contributed by atoms with E-state index in [-0.39, 0.29) is 37.1 Å². The summed E-state index contributed by atoms with van der Waals surface area (Å²) in [6, 6.07) is 8.50. The highest BCUT2D eigenvalue weighted by molar-refractivity contribution is 7.91. The number of anilines is 1. The number of carbonyl (C=O) groups excluding carboxylic acids is 3. The van der Waals surface area contributed by atoms with Gasteiger partial charge in [-0.25, -0.2) is 13.2 Å². The summed E-state index contributed by atoms with van der Waals surface area (Å²) >= 11 is 0. The van der Waals surface area contributed by atoms with Crippen molar-refractivity contribution in [3.63, 3.8) is 0 Å². The van der Waals surface area contributed by atoms with E-state index in [1.807, 2.05) is 13.0 Å². The van der Waals surface area contributed by atoms with E-state index in [4.69, 9.17) is 0 Å². The third-order valence-corrected chi connectivity index (χ3v) is 6.46. The minimum absolute atomic E-state index is 0.00180. The van der Waals surface area contributed by atoms with Gasteiger partial charge in [-0.1, -0.05) is 18.2 Å². The van der Waals surface area contributed by atoms with Gasteiger partial charge in [-0.15, -0.1) is 0 Å². The van der Waals surface area contributed by atoms with Crippen molar-refractivity contribution in [2.24, 2.45) is 0 Å². The zero-order chi connectivity index (χ0) is 21.4. The van der Waals surface area contributed by atoms with Gasteiger partial charge < -0.3 is 14.5 Å².